The molecule has 0 atom stereocenters. The molecule has 0 aliphatic rings. The first-order valence-electron chi connectivity index (χ1n) is 9.87. The van der Waals surface area contributed by atoms with Gasteiger partial charge in [-0.25, -0.2) is 9.37 Å². The number of thiocarbonyl (C=S) groups is 1. The molecule has 0 unspecified atom stereocenters. The lowest BCUT2D eigenvalue weighted by Crippen LogP contribution is -2.25. The Morgan fingerprint density at radius 2 is 1.72 bits per heavy atom. The number of fused-ring (bicyclic) bond motifs is 1. The topological polar surface area (TPSA) is 82.2 Å². The summed E-state index contributed by atoms with van der Waals surface area (Å²) in [4.78, 5) is 20.4. The van der Waals surface area contributed by atoms with Gasteiger partial charge in [-0.2, -0.15) is 5.10 Å². The minimum Gasteiger partial charge on any atom is -0.337 e. The highest BCUT2D eigenvalue weighted by molar-refractivity contribution is 7.80. The van der Waals surface area contributed by atoms with E-state index in [9.17, 15) is 9.18 Å². The number of carbonyl (C=O) groups excluding carboxylic acids is 1. The minimum atomic E-state index is -0.382. The molecule has 0 aliphatic heterocycles. The average molecular weight is 446 g/mol. The predicted octanol–water partition coefficient (Wildman–Crippen LogP) is 4.95. The second-order valence-corrected chi connectivity index (χ2v) is 7.69. The van der Waals surface area contributed by atoms with Crippen LogP contribution in [0.5, 0.6) is 0 Å². The number of imidazole rings is 1. The molecule has 32 heavy (non-hydrogen) atoms. The fraction of sp³-hybridized carbons (Fsp3) is 0.0833. The van der Waals surface area contributed by atoms with Gasteiger partial charge in [0, 0.05) is 16.8 Å². The van der Waals surface area contributed by atoms with Gasteiger partial charge in [0.25, 0.3) is 0 Å². The number of hydrogen-bond acceptors (Lipinski definition) is 4. The molecule has 0 fully saturated rings. The maximum atomic E-state index is 13.1. The van der Waals surface area contributed by atoms with Gasteiger partial charge in [-0.3, -0.25) is 10.2 Å². The molecular weight excluding hydrogens is 425 g/mol. The van der Waals surface area contributed by atoms with Crippen molar-refractivity contribution in [2.24, 2.45) is 5.10 Å². The molecule has 3 aromatic carbocycles. The summed E-state index contributed by atoms with van der Waals surface area (Å²) in [5.41, 5.74) is 7.73. The molecular formula is C24H20FN5OS. The van der Waals surface area contributed by atoms with Crippen LogP contribution in [-0.2, 0) is 0 Å². The molecule has 0 saturated heterocycles. The van der Waals surface area contributed by atoms with E-state index in [1.807, 2.05) is 31.2 Å². The molecule has 4 rings (SSSR count). The highest BCUT2D eigenvalue weighted by Gasteiger charge is 2.12. The summed E-state index contributed by atoms with van der Waals surface area (Å²) in [7, 11) is 0. The highest BCUT2D eigenvalue weighted by Crippen LogP contribution is 2.18. The van der Waals surface area contributed by atoms with Crippen LogP contribution in [0, 0.1) is 12.7 Å². The van der Waals surface area contributed by atoms with Crippen molar-refractivity contribution in [1.82, 2.24) is 15.4 Å². The number of halogens is 1. The Balaban J connectivity index is 1.47. The van der Waals surface area contributed by atoms with Crippen LogP contribution in [0.3, 0.4) is 0 Å². The zero-order chi connectivity index (χ0) is 22.7. The first kappa shape index (κ1) is 21.3. The van der Waals surface area contributed by atoms with Gasteiger partial charge in [-0.05, 0) is 80.7 Å². The second-order valence-electron chi connectivity index (χ2n) is 7.28. The number of nitrogens with zero attached hydrogens (tertiary/aromatic N) is 2. The number of aromatic amines is 1. The minimum absolute atomic E-state index is 0.192. The molecule has 1 aromatic heterocycles. The van der Waals surface area contributed by atoms with Gasteiger partial charge in [0.1, 0.15) is 11.5 Å². The second kappa shape index (κ2) is 9.07. The van der Waals surface area contributed by atoms with Gasteiger partial charge in [0.2, 0.25) is 0 Å². The third-order valence-electron chi connectivity index (χ3n) is 4.83. The maximum Gasteiger partial charge on any atom is 0.193 e. The summed E-state index contributed by atoms with van der Waals surface area (Å²) in [6.07, 6.45) is 0. The van der Waals surface area contributed by atoms with E-state index < -0.39 is 0 Å². The number of H-pyrrole nitrogens is 1. The number of carbonyl (C=O) groups is 1. The molecule has 4 aromatic rings. The Bertz CT molecular complexity index is 1330. The monoisotopic (exact) mass is 445 g/mol. The number of ketones is 1. The van der Waals surface area contributed by atoms with Crippen LogP contribution in [0.15, 0.2) is 71.8 Å². The zero-order valence-electron chi connectivity index (χ0n) is 17.4. The van der Waals surface area contributed by atoms with Crippen molar-refractivity contribution in [3.63, 3.8) is 0 Å². The van der Waals surface area contributed by atoms with E-state index in [1.54, 1.807) is 25.1 Å². The van der Waals surface area contributed by atoms with E-state index in [-0.39, 0.29) is 11.6 Å². The van der Waals surface area contributed by atoms with E-state index in [2.05, 4.69) is 25.8 Å². The van der Waals surface area contributed by atoms with Crippen LogP contribution in [0.2, 0.25) is 0 Å². The number of benzene rings is 3. The lowest BCUT2D eigenvalue weighted by Gasteiger charge is -2.07. The van der Waals surface area contributed by atoms with Crippen LogP contribution < -0.4 is 10.7 Å². The Kier molecular flexibility index (Phi) is 6.04. The number of anilines is 1. The van der Waals surface area contributed by atoms with Crippen molar-refractivity contribution < 1.29 is 9.18 Å². The SMILES string of the molecule is C/C(=N\NC(=S)Nc1ccc(C)cc1)c1nc2ccc(C(=O)c3ccc(F)cc3)cc2[nH]1. The van der Waals surface area contributed by atoms with E-state index in [0.29, 0.717) is 38.8 Å². The van der Waals surface area contributed by atoms with Crippen LogP contribution in [-0.4, -0.2) is 26.6 Å². The molecule has 160 valence electrons. The standard InChI is InChI=1S/C24H20FN5OS/c1-14-3-10-19(11-4-14)26-24(32)30-29-15(2)23-27-20-12-7-17(13-21(20)28-23)22(31)16-5-8-18(25)9-6-16/h3-13H,1-2H3,(H,27,28)(H2,26,30,32)/b29-15+. The summed E-state index contributed by atoms with van der Waals surface area (Å²) in [6.45, 7) is 3.81. The van der Waals surface area contributed by atoms with Crippen LogP contribution in [0.4, 0.5) is 10.1 Å². The van der Waals surface area contributed by atoms with E-state index in [4.69, 9.17) is 12.2 Å². The average Bonchev–Trinajstić information content (AvgIpc) is 3.22. The summed E-state index contributed by atoms with van der Waals surface area (Å²) in [6, 6.07) is 18.5. The van der Waals surface area contributed by atoms with Crippen molar-refractivity contribution in [3.8, 4) is 0 Å². The van der Waals surface area contributed by atoms with Crippen LogP contribution >= 0.6 is 12.2 Å². The van der Waals surface area contributed by atoms with Crippen molar-refractivity contribution in [2.45, 2.75) is 13.8 Å². The molecule has 0 spiro atoms. The molecule has 0 radical (unpaired) electrons. The van der Waals surface area contributed by atoms with Gasteiger partial charge in [0.15, 0.2) is 16.7 Å². The van der Waals surface area contributed by atoms with Gasteiger partial charge >= 0.3 is 0 Å². The normalized spacial score (nSPS) is 11.4. The largest absolute Gasteiger partial charge is 0.337 e. The summed E-state index contributed by atoms with van der Waals surface area (Å²) in [5, 5.41) is 7.70. The van der Waals surface area contributed by atoms with E-state index in [1.165, 1.54) is 24.3 Å². The molecule has 0 bridgehead atoms. The van der Waals surface area contributed by atoms with Gasteiger partial charge in [-0.15, -0.1) is 0 Å². The lowest BCUT2D eigenvalue weighted by molar-refractivity contribution is 0.103. The van der Waals surface area contributed by atoms with Crippen LogP contribution in [0.25, 0.3) is 11.0 Å². The number of rotatable bonds is 5. The number of aryl methyl sites for hydroxylation is 1. The van der Waals surface area contributed by atoms with Crippen molar-refractivity contribution in [3.05, 3.63) is 95.1 Å². The van der Waals surface area contributed by atoms with Gasteiger partial charge < -0.3 is 10.3 Å². The molecule has 3 N–H and O–H groups in total. The molecule has 8 heteroatoms. The summed E-state index contributed by atoms with van der Waals surface area (Å²) < 4.78 is 13.1. The third-order valence-corrected chi connectivity index (χ3v) is 5.02. The summed E-state index contributed by atoms with van der Waals surface area (Å²) in [5.74, 6) is -0.0215. The lowest BCUT2D eigenvalue weighted by atomic mass is 10.0. The molecule has 1 heterocycles. The van der Waals surface area contributed by atoms with Gasteiger partial charge in [0.05, 0.1) is 11.0 Å². The molecule has 0 amide bonds. The van der Waals surface area contributed by atoms with Gasteiger partial charge in [-0.1, -0.05) is 17.7 Å². The fourth-order valence-corrected chi connectivity index (χ4v) is 3.24. The zero-order valence-corrected chi connectivity index (χ0v) is 18.3. The Hall–Kier alpha value is -3.91. The number of nitrogens with one attached hydrogen (secondary N) is 3. The third kappa shape index (κ3) is 4.87. The first-order chi connectivity index (χ1) is 15.4. The molecule has 0 saturated carbocycles. The van der Waals surface area contributed by atoms with E-state index in [0.717, 1.165) is 11.3 Å². The van der Waals surface area contributed by atoms with Crippen molar-refractivity contribution >= 4 is 45.5 Å². The summed E-state index contributed by atoms with van der Waals surface area (Å²) >= 11 is 5.28. The number of hydrazone groups is 1. The maximum absolute atomic E-state index is 13.1. The van der Waals surface area contributed by atoms with Crippen LogP contribution in [0.1, 0.15) is 34.2 Å². The smallest absolute Gasteiger partial charge is 0.193 e. The number of hydrogen-bond donors (Lipinski definition) is 3. The van der Waals surface area contributed by atoms with E-state index >= 15 is 0 Å². The molecule has 0 aliphatic carbocycles. The molecule has 6 nitrogen and oxygen atoms in total. The Morgan fingerprint density at radius 3 is 2.44 bits per heavy atom. The quantitative estimate of drug-likeness (QED) is 0.175. The highest BCUT2D eigenvalue weighted by atomic mass is 32.1. The fourth-order valence-electron chi connectivity index (χ4n) is 3.07. The Labute approximate surface area is 189 Å². The van der Waals surface area contributed by atoms with Crippen molar-refractivity contribution in [2.75, 3.05) is 5.32 Å². The number of aromatic nitrogens is 2. The first-order valence-corrected chi connectivity index (χ1v) is 10.3. The predicted molar refractivity (Wildman–Crippen MR) is 129 cm³/mol. The Morgan fingerprint density at radius 1 is 1.03 bits per heavy atom. The van der Waals surface area contributed by atoms with Crippen molar-refractivity contribution in [1.29, 1.82) is 0 Å².